The van der Waals surface area contributed by atoms with Crippen LogP contribution in [-0.2, 0) is 6.18 Å². The highest BCUT2D eigenvalue weighted by Gasteiger charge is 2.41. The predicted octanol–water partition coefficient (Wildman–Crippen LogP) is 2.84. The zero-order valence-electron chi connectivity index (χ0n) is 14.6. The van der Waals surface area contributed by atoms with Gasteiger partial charge < -0.3 is 9.80 Å². The Balaban J connectivity index is 1.62. The van der Waals surface area contributed by atoms with Gasteiger partial charge in [0.15, 0.2) is 11.6 Å². The molecule has 2 aliphatic rings. The summed E-state index contributed by atoms with van der Waals surface area (Å²) >= 11 is 0. The van der Waals surface area contributed by atoms with Crippen molar-refractivity contribution in [2.45, 2.75) is 32.0 Å². The maximum absolute atomic E-state index is 14.0. The molecule has 2 fully saturated rings. The lowest BCUT2D eigenvalue weighted by molar-refractivity contribution is -0.141. The first-order chi connectivity index (χ1) is 12.8. The van der Waals surface area contributed by atoms with Crippen molar-refractivity contribution < 1.29 is 17.6 Å². The molecule has 4 rings (SSSR count). The fraction of sp³-hybridized carbons (Fsp3) is 0.529. The zero-order valence-corrected chi connectivity index (χ0v) is 14.6. The Hall–Kier alpha value is -2.52. The standard InChI is InChI=1S/C17H18F4N6/c1-10-24-14(17(19,20)21)6-15(25-10)27-5-3-11-2-4-26(8-13(11)27)16-12(18)7-22-9-23-16/h6-7,9,11,13H,2-5,8H2,1H3. The van der Waals surface area contributed by atoms with Crippen molar-refractivity contribution in [2.24, 2.45) is 5.92 Å². The summed E-state index contributed by atoms with van der Waals surface area (Å²) in [6, 6.07) is 0.947. The molecule has 0 radical (unpaired) electrons. The quantitative estimate of drug-likeness (QED) is 0.745. The highest BCUT2D eigenvalue weighted by molar-refractivity contribution is 5.47. The van der Waals surface area contributed by atoms with E-state index < -0.39 is 17.7 Å². The van der Waals surface area contributed by atoms with Gasteiger partial charge in [-0.3, -0.25) is 0 Å². The summed E-state index contributed by atoms with van der Waals surface area (Å²) in [5.74, 6) is 0.406. The van der Waals surface area contributed by atoms with Crippen molar-refractivity contribution in [2.75, 3.05) is 29.4 Å². The molecule has 2 aliphatic heterocycles. The molecular weight excluding hydrogens is 364 g/mol. The van der Waals surface area contributed by atoms with Gasteiger partial charge in [0.1, 0.15) is 23.7 Å². The van der Waals surface area contributed by atoms with Gasteiger partial charge in [0.2, 0.25) is 0 Å². The van der Waals surface area contributed by atoms with E-state index in [1.165, 1.54) is 13.3 Å². The van der Waals surface area contributed by atoms with Gasteiger partial charge in [-0.1, -0.05) is 0 Å². The number of anilines is 2. The third-order valence-corrected chi connectivity index (χ3v) is 5.22. The fourth-order valence-electron chi connectivity index (χ4n) is 4.00. The van der Waals surface area contributed by atoms with Crippen LogP contribution in [0.2, 0.25) is 0 Å². The summed E-state index contributed by atoms with van der Waals surface area (Å²) in [6.07, 6.45) is -0.426. The Kier molecular flexibility index (Phi) is 4.35. The van der Waals surface area contributed by atoms with E-state index in [4.69, 9.17) is 0 Å². The van der Waals surface area contributed by atoms with Crippen molar-refractivity contribution in [3.63, 3.8) is 0 Å². The van der Waals surface area contributed by atoms with E-state index >= 15 is 0 Å². The molecule has 2 atom stereocenters. The average molecular weight is 382 g/mol. The average Bonchev–Trinajstić information content (AvgIpc) is 3.04. The summed E-state index contributed by atoms with van der Waals surface area (Å²) in [7, 11) is 0. The number of nitrogens with zero attached hydrogens (tertiary/aromatic N) is 6. The van der Waals surface area contributed by atoms with Gasteiger partial charge in [-0.25, -0.2) is 24.3 Å². The second kappa shape index (κ2) is 6.58. The van der Waals surface area contributed by atoms with E-state index in [9.17, 15) is 17.6 Å². The molecule has 0 saturated carbocycles. The molecular formula is C17H18F4N6. The predicted molar refractivity (Wildman–Crippen MR) is 89.8 cm³/mol. The molecule has 144 valence electrons. The lowest BCUT2D eigenvalue weighted by Crippen LogP contribution is -2.49. The maximum atomic E-state index is 14.0. The van der Waals surface area contributed by atoms with Gasteiger partial charge in [0.05, 0.1) is 12.2 Å². The van der Waals surface area contributed by atoms with Crippen LogP contribution in [0.4, 0.5) is 29.2 Å². The van der Waals surface area contributed by atoms with Crippen molar-refractivity contribution in [1.29, 1.82) is 0 Å². The SMILES string of the molecule is Cc1nc(N2CCC3CCN(c4ncncc4F)CC32)cc(C(F)(F)F)n1. The lowest BCUT2D eigenvalue weighted by atomic mass is 9.92. The molecule has 0 amide bonds. The minimum absolute atomic E-state index is 0.0523. The van der Waals surface area contributed by atoms with Gasteiger partial charge in [0.25, 0.3) is 0 Å². The van der Waals surface area contributed by atoms with Crippen LogP contribution in [0.25, 0.3) is 0 Å². The van der Waals surface area contributed by atoms with Crippen molar-refractivity contribution >= 4 is 11.6 Å². The van der Waals surface area contributed by atoms with Gasteiger partial charge in [-0.2, -0.15) is 13.2 Å². The number of halogens is 4. The zero-order chi connectivity index (χ0) is 19.2. The molecule has 2 saturated heterocycles. The monoisotopic (exact) mass is 382 g/mol. The third-order valence-electron chi connectivity index (χ3n) is 5.22. The Bertz CT molecular complexity index is 842. The molecule has 0 aliphatic carbocycles. The molecule has 0 N–H and O–H groups in total. The van der Waals surface area contributed by atoms with Crippen LogP contribution in [0.15, 0.2) is 18.6 Å². The van der Waals surface area contributed by atoms with Crippen LogP contribution >= 0.6 is 0 Å². The van der Waals surface area contributed by atoms with Gasteiger partial charge >= 0.3 is 6.18 Å². The van der Waals surface area contributed by atoms with E-state index in [0.29, 0.717) is 25.6 Å². The lowest BCUT2D eigenvalue weighted by Gasteiger charge is -2.39. The minimum Gasteiger partial charge on any atom is -0.352 e. The van der Waals surface area contributed by atoms with Crippen LogP contribution < -0.4 is 9.80 Å². The summed E-state index contributed by atoms with van der Waals surface area (Å²) in [5, 5.41) is 0. The van der Waals surface area contributed by atoms with Crippen molar-refractivity contribution in [1.82, 2.24) is 19.9 Å². The molecule has 0 bridgehead atoms. The number of aromatic nitrogens is 4. The Morgan fingerprint density at radius 2 is 1.93 bits per heavy atom. The Morgan fingerprint density at radius 1 is 1.15 bits per heavy atom. The summed E-state index contributed by atoms with van der Waals surface area (Å²) in [6.45, 7) is 3.20. The maximum Gasteiger partial charge on any atom is 0.433 e. The number of alkyl halides is 3. The number of piperidine rings is 1. The third kappa shape index (κ3) is 3.40. The van der Waals surface area contributed by atoms with E-state index in [0.717, 1.165) is 25.1 Å². The Morgan fingerprint density at radius 3 is 2.67 bits per heavy atom. The minimum atomic E-state index is -4.52. The van der Waals surface area contributed by atoms with Crippen LogP contribution in [0.1, 0.15) is 24.4 Å². The summed E-state index contributed by atoms with van der Waals surface area (Å²) in [4.78, 5) is 19.2. The first-order valence-electron chi connectivity index (χ1n) is 8.73. The van der Waals surface area contributed by atoms with Crippen LogP contribution in [0.5, 0.6) is 0 Å². The molecule has 0 spiro atoms. The number of aryl methyl sites for hydroxylation is 1. The molecule has 2 aromatic heterocycles. The van der Waals surface area contributed by atoms with Crippen LogP contribution in [0, 0.1) is 18.7 Å². The molecule has 10 heteroatoms. The highest BCUT2D eigenvalue weighted by atomic mass is 19.4. The summed E-state index contributed by atoms with van der Waals surface area (Å²) in [5.41, 5.74) is -0.942. The molecule has 0 aromatic carbocycles. The number of hydrogen-bond acceptors (Lipinski definition) is 6. The number of hydrogen-bond donors (Lipinski definition) is 0. The second-order valence-electron chi connectivity index (χ2n) is 6.89. The molecule has 2 unspecified atom stereocenters. The summed E-state index contributed by atoms with van der Waals surface area (Å²) < 4.78 is 53.4. The van der Waals surface area contributed by atoms with Crippen molar-refractivity contribution in [3.8, 4) is 0 Å². The second-order valence-corrected chi connectivity index (χ2v) is 6.89. The van der Waals surface area contributed by atoms with Gasteiger partial charge in [-0.05, 0) is 25.7 Å². The van der Waals surface area contributed by atoms with E-state index in [-0.39, 0.29) is 23.5 Å². The normalized spacial score (nSPS) is 22.9. The van der Waals surface area contributed by atoms with Gasteiger partial charge in [-0.15, -0.1) is 0 Å². The first kappa shape index (κ1) is 17.9. The van der Waals surface area contributed by atoms with E-state index in [1.54, 1.807) is 0 Å². The molecule has 6 nitrogen and oxygen atoms in total. The Labute approximate surface area is 153 Å². The largest absolute Gasteiger partial charge is 0.433 e. The highest BCUT2D eigenvalue weighted by Crippen LogP contribution is 2.37. The van der Waals surface area contributed by atoms with E-state index in [2.05, 4.69) is 19.9 Å². The van der Waals surface area contributed by atoms with Gasteiger partial charge in [0, 0.05) is 25.7 Å². The van der Waals surface area contributed by atoms with Crippen LogP contribution in [0.3, 0.4) is 0 Å². The van der Waals surface area contributed by atoms with Crippen molar-refractivity contribution in [3.05, 3.63) is 35.9 Å². The fourth-order valence-corrected chi connectivity index (χ4v) is 4.00. The molecule has 4 heterocycles. The smallest absolute Gasteiger partial charge is 0.352 e. The van der Waals surface area contributed by atoms with Crippen LogP contribution in [-0.4, -0.2) is 45.6 Å². The molecule has 27 heavy (non-hydrogen) atoms. The number of fused-ring (bicyclic) bond motifs is 1. The first-order valence-corrected chi connectivity index (χ1v) is 8.73. The molecule has 2 aromatic rings. The van der Waals surface area contributed by atoms with E-state index in [1.807, 2.05) is 9.80 Å². The topological polar surface area (TPSA) is 58.0 Å². The number of rotatable bonds is 2.